The molecule has 0 atom stereocenters. The smallest absolute Gasteiger partial charge is 0.249 e. The minimum atomic E-state index is -0.697. The Bertz CT molecular complexity index is 775. The molecule has 112 valence electrons. The summed E-state index contributed by atoms with van der Waals surface area (Å²) in [6.07, 6.45) is 1.31. The number of rotatable bonds is 5. The molecule has 1 aromatic carbocycles. The van der Waals surface area contributed by atoms with E-state index < -0.39 is 5.91 Å². The van der Waals surface area contributed by atoms with Crippen LogP contribution < -0.4 is 4.74 Å². The fraction of sp³-hybridized carbons (Fsp3) is 0.143. The van der Waals surface area contributed by atoms with Gasteiger partial charge >= 0.3 is 0 Å². The largest absolute Gasteiger partial charge is 0.472 e. The third kappa shape index (κ3) is 3.25. The molecule has 0 saturated carbocycles. The van der Waals surface area contributed by atoms with Crippen molar-refractivity contribution in [2.75, 3.05) is 0 Å². The molecule has 8 heteroatoms. The molecule has 1 amide bonds. The van der Waals surface area contributed by atoms with Crippen molar-refractivity contribution < 1.29 is 14.7 Å². The third-order valence-corrected chi connectivity index (χ3v) is 2.92. The van der Waals surface area contributed by atoms with Crippen molar-refractivity contribution >= 4 is 11.5 Å². The Morgan fingerprint density at radius 2 is 2.23 bits per heavy atom. The highest BCUT2D eigenvalue weighted by Crippen LogP contribution is 2.23. The lowest BCUT2D eigenvalue weighted by atomic mass is 9.97. The van der Waals surface area contributed by atoms with Crippen LogP contribution in [0.3, 0.4) is 0 Å². The second-order valence-corrected chi connectivity index (χ2v) is 4.47. The number of nitrogens with zero attached hydrogens (tertiary/aromatic N) is 5. The van der Waals surface area contributed by atoms with Gasteiger partial charge in [0.2, 0.25) is 11.8 Å². The zero-order valence-electron chi connectivity index (χ0n) is 11.8. The van der Waals surface area contributed by atoms with Crippen LogP contribution in [0, 0.1) is 0 Å². The number of azide groups is 1. The molecule has 0 spiro atoms. The Labute approximate surface area is 125 Å². The van der Waals surface area contributed by atoms with Crippen LogP contribution in [-0.4, -0.2) is 21.1 Å². The van der Waals surface area contributed by atoms with Crippen molar-refractivity contribution in [3.63, 3.8) is 0 Å². The predicted molar refractivity (Wildman–Crippen MR) is 78.4 cm³/mol. The van der Waals surface area contributed by atoms with E-state index in [9.17, 15) is 4.79 Å². The Balaban J connectivity index is 2.38. The maximum absolute atomic E-state index is 11.9. The summed E-state index contributed by atoms with van der Waals surface area (Å²) in [5.74, 6) is -0.502. The Kier molecular flexibility index (Phi) is 4.45. The fourth-order valence-corrected chi connectivity index (χ4v) is 1.96. The monoisotopic (exact) mass is 299 g/mol. The molecule has 22 heavy (non-hydrogen) atoms. The van der Waals surface area contributed by atoms with Gasteiger partial charge in [0.1, 0.15) is 6.61 Å². The Morgan fingerprint density at radius 3 is 2.82 bits per heavy atom. The van der Waals surface area contributed by atoms with Crippen LogP contribution in [0.4, 0.5) is 0 Å². The van der Waals surface area contributed by atoms with Gasteiger partial charge in [-0.2, -0.15) is 0 Å². The molecule has 2 rings (SSSR count). The fourth-order valence-electron chi connectivity index (χ4n) is 1.96. The first-order valence-corrected chi connectivity index (χ1v) is 6.28. The highest BCUT2D eigenvalue weighted by Gasteiger charge is 2.15. The predicted octanol–water partition coefficient (Wildman–Crippen LogP) is 3.18. The molecule has 0 aliphatic carbocycles. The van der Waals surface area contributed by atoms with Gasteiger partial charge in [0.05, 0.1) is 6.20 Å². The van der Waals surface area contributed by atoms with Crippen molar-refractivity contribution in [3.05, 3.63) is 64.2 Å². The lowest BCUT2D eigenvalue weighted by molar-refractivity contribution is 0.0997. The molecule has 0 unspecified atom stereocenters. The van der Waals surface area contributed by atoms with E-state index in [4.69, 9.17) is 15.5 Å². The number of carbonyl (C=O) groups excluding carboxylic acids is 1. The second-order valence-electron chi connectivity index (χ2n) is 4.47. The first kappa shape index (κ1) is 15.1. The van der Waals surface area contributed by atoms with E-state index in [0.29, 0.717) is 10.4 Å². The Morgan fingerprint density at radius 1 is 1.50 bits per heavy atom. The van der Waals surface area contributed by atoms with Gasteiger partial charge in [0, 0.05) is 22.1 Å². The van der Waals surface area contributed by atoms with Crippen LogP contribution in [-0.2, 0) is 6.61 Å². The summed E-state index contributed by atoms with van der Waals surface area (Å²) in [4.78, 5) is 15.0. The first-order chi connectivity index (χ1) is 10.5. The summed E-state index contributed by atoms with van der Waals surface area (Å²) in [5.41, 5.74) is 10.7. The lowest BCUT2D eigenvalue weighted by Crippen LogP contribution is -2.08. The van der Waals surface area contributed by atoms with E-state index in [1.165, 1.54) is 12.3 Å². The normalized spacial score (nSPS) is 9.86. The summed E-state index contributed by atoms with van der Waals surface area (Å²) >= 11 is 0. The standard InChI is InChI=1S/C14H13N5O3/c1-9(2)10-4-3-5-11(14(20)16-18-15)12(10)8-22-13-6-7-19(21)17-13/h3-7,21H,1,8H2,2H3. The number of carbonyl (C=O) groups is 1. The van der Waals surface area contributed by atoms with Crippen LogP contribution in [0.5, 0.6) is 5.88 Å². The van der Waals surface area contributed by atoms with Crippen molar-refractivity contribution in [1.29, 1.82) is 0 Å². The van der Waals surface area contributed by atoms with E-state index >= 15 is 0 Å². The highest BCUT2D eigenvalue weighted by atomic mass is 16.5. The number of aromatic nitrogens is 2. The van der Waals surface area contributed by atoms with E-state index in [-0.39, 0.29) is 18.1 Å². The molecule has 0 radical (unpaired) electrons. The van der Waals surface area contributed by atoms with Gasteiger partial charge in [-0.15, -0.1) is 4.85 Å². The van der Waals surface area contributed by atoms with E-state index in [1.807, 2.05) is 0 Å². The van der Waals surface area contributed by atoms with Gasteiger partial charge in [0.15, 0.2) is 0 Å². The van der Waals surface area contributed by atoms with Crippen LogP contribution >= 0.6 is 0 Å². The maximum Gasteiger partial charge on any atom is 0.249 e. The summed E-state index contributed by atoms with van der Waals surface area (Å²) in [6.45, 7) is 5.67. The topological polar surface area (TPSA) is 113 Å². The first-order valence-electron chi connectivity index (χ1n) is 6.28. The molecule has 0 saturated heterocycles. The SMILES string of the molecule is C=C(C)c1cccc(C(=O)N=[N+]=[N-])c1COc1ccn(O)n1. The zero-order chi connectivity index (χ0) is 16.1. The van der Waals surface area contributed by atoms with E-state index in [2.05, 4.69) is 21.7 Å². The van der Waals surface area contributed by atoms with Crippen molar-refractivity contribution in [2.24, 2.45) is 5.11 Å². The summed E-state index contributed by atoms with van der Waals surface area (Å²) in [6, 6.07) is 6.49. The summed E-state index contributed by atoms with van der Waals surface area (Å²) in [5, 5.41) is 15.9. The molecular formula is C14H13N5O3. The summed E-state index contributed by atoms with van der Waals surface area (Å²) in [7, 11) is 0. The van der Waals surface area contributed by atoms with Crippen LogP contribution in [0.15, 0.2) is 42.2 Å². The number of amides is 1. The molecule has 0 aliphatic rings. The lowest BCUT2D eigenvalue weighted by Gasteiger charge is -2.13. The Hall–Kier alpha value is -3.25. The van der Waals surface area contributed by atoms with Crippen molar-refractivity contribution in [2.45, 2.75) is 13.5 Å². The number of allylic oxidation sites excluding steroid dienone is 1. The molecule has 0 bridgehead atoms. The quantitative estimate of drug-likeness (QED) is 0.395. The van der Waals surface area contributed by atoms with Gasteiger partial charge in [-0.05, 0) is 23.1 Å². The van der Waals surface area contributed by atoms with Gasteiger partial charge in [0.25, 0.3) is 0 Å². The van der Waals surface area contributed by atoms with Crippen LogP contribution in [0.2, 0.25) is 0 Å². The number of benzene rings is 1. The molecule has 2 aromatic rings. The minimum Gasteiger partial charge on any atom is -0.472 e. The van der Waals surface area contributed by atoms with Gasteiger partial charge in [-0.1, -0.05) is 35.4 Å². The highest BCUT2D eigenvalue weighted by molar-refractivity contribution is 5.97. The molecule has 0 fully saturated rings. The molecule has 8 nitrogen and oxygen atoms in total. The molecule has 1 heterocycles. The molecule has 1 N–H and O–H groups in total. The van der Waals surface area contributed by atoms with Crippen molar-refractivity contribution in [1.82, 2.24) is 9.94 Å². The van der Waals surface area contributed by atoms with E-state index in [0.717, 1.165) is 11.1 Å². The number of hydrogen-bond donors (Lipinski definition) is 1. The maximum atomic E-state index is 11.9. The van der Waals surface area contributed by atoms with Gasteiger partial charge < -0.3 is 9.94 Å². The van der Waals surface area contributed by atoms with Crippen molar-refractivity contribution in [3.8, 4) is 5.88 Å². The molecule has 0 aliphatic heterocycles. The average molecular weight is 299 g/mol. The number of ether oxygens (including phenoxy) is 1. The van der Waals surface area contributed by atoms with E-state index in [1.54, 1.807) is 25.1 Å². The molecule has 1 aromatic heterocycles. The average Bonchev–Trinajstić information content (AvgIpc) is 2.90. The number of hydrogen-bond acceptors (Lipinski definition) is 4. The minimum absolute atomic E-state index is 0.0159. The molecular weight excluding hydrogens is 286 g/mol. The third-order valence-electron chi connectivity index (χ3n) is 2.92. The van der Waals surface area contributed by atoms with Crippen LogP contribution in [0.25, 0.3) is 16.0 Å². The van der Waals surface area contributed by atoms with Gasteiger partial charge in [-0.25, -0.2) is 0 Å². The zero-order valence-corrected chi connectivity index (χ0v) is 11.8. The van der Waals surface area contributed by atoms with Crippen LogP contribution in [0.1, 0.15) is 28.4 Å². The van der Waals surface area contributed by atoms with Gasteiger partial charge in [-0.3, -0.25) is 4.79 Å². The summed E-state index contributed by atoms with van der Waals surface area (Å²) < 4.78 is 5.45. The second kappa shape index (κ2) is 6.47.